The van der Waals surface area contributed by atoms with E-state index in [0.717, 1.165) is 0 Å². The summed E-state index contributed by atoms with van der Waals surface area (Å²) in [5.41, 5.74) is 3.35. The zero-order valence-electron chi connectivity index (χ0n) is 12.2. The Hall–Kier alpha value is -2.67. The lowest BCUT2D eigenvalue weighted by Crippen LogP contribution is -2.32. The molecule has 6 nitrogen and oxygen atoms in total. The van der Waals surface area contributed by atoms with Gasteiger partial charge in [-0.25, -0.2) is 5.43 Å². The summed E-state index contributed by atoms with van der Waals surface area (Å²) in [5.74, 6) is -1.07. The lowest BCUT2D eigenvalue weighted by Gasteiger charge is -2.06. The number of rotatable bonds is 4. The molecule has 2 N–H and O–H groups in total. The molecule has 0 aliphatic rings. The lowest BCUT2D eigenvalue weighted by atomic mass is 10.2. The second-order valence-corrected chi connectivity index (χ2v) is 5.23. The van der Waals surface area contributed by atoms with E-state index in [1.165, 1.54) is 13.3 Å². The maximum atomic E-state index is 11.8. The zero-order chi connectivity index (χ0) is 16.7. The van der Waals surface area contributed by atoms with E-state index in [9.17, 15) is 9.59 Å². The zero-order valence-corrected chi connectivity index (χ0v) is 13.8. The van der Waals surface area contributed by atoms with Gasteiger partial charge in [0.05, 0.1) is 19.0 Å². The Morgan fingerprint density at radius 2 is 1.78 bits per heavy atom. The third-order valence-corrected chi connectivity index (χ3v) is 3.53. The number of amides is 2. The largest absolute Gasteiger partial charge is 0.496 e. The molecule has 0 spiro atoms. The first-order valence-corrected chi connectivity index (χ1v) is 7.43. The van der Waals surface area contributed by atoms with Gasteiger partial charge in [0.25, 0.3) is 0 Å². The van der Waals surface area contributed by atoms with Crippen molar-refractivity contribution in [3.63, 3.8) is 0 Å². The first kappa shape index (κ1) is 16.7. The van der Waals surface area contributed by atoms with Crippen molar-refractivity contribution in [2.24, 2.45) is 5.10 Å². The minimum atomic E-state index is -0.869. The maximum absolute atomic E-state index is 11.8. The van der Waals surface area contributed by atoms with Gasteiger partial charge in [-0.1, -0.05) is 24.3 Å². The Morgan fingerprint density at radius 3 is 2.52 bits per heavy atom. The fraction of sp³-hybridized carbons (Fsp3) is 0.0625. The molecule has 23 heavy (non-hydrogen) atoms. The molecule has 7 heteroatoms. The summed E-state index contributed by atoms with van der Waals surface area (Å²) in [6.07, 6.45) is 1.41. The van der Waals surface area contributed by atoms with Crippen LogP contribution in [0.15, 0.2) is 58.1 Å². The summed E-state index contributed by atoms with van der Waals surface area (Å²) >= 11 is 3.28. The first-order chi connectivity index (χ1) is 11.1. The van der Waals surface area contributed by atoms with Crippen LogP contribution >= 0.6 is 15.9 Å². The Morgan fingerprint density at radius 1 is 1.09 bits per heavy atom. The number of nitrogens with one attached hydrogen (secondary N) is 2. The predicted octanol–water partition coefficient (Wildman–Crippen LogP) is 2.55. The number of ether oxygens (including phenoxy) is 1. The molecular weight excluding hydrogens is 362 g/mol. The Kier molecular flexibility index (Phi) is 5.87. The fourth-order valence-electron chi connectivity index (χ4n) is 1.73. The van der Waals surface area contributed by atoms with E-state index in [2.05, 4.69) is 31.8 Å². The summed E-state index contributed by atoms with van der Waals surface area (Å²) in [7, 11) is 1.54. The van der Waals surface area contributed by atoms with Crippen molar-refractivity contribution in [2.75, 3.05) is 12.4 Å². The number of benzene rings is 2. The molecule has 2 rings (SSSR count). The van der Waals surface area contributed by atoms with Crippen LogP contribution in [0.1, 0.15) is 5.56 Å². The van der Waals surface area contributed by atoms with E-state index < -0.39 is 11.8 Å². The second kappa shape index (κ2) is 8.09. The quantitative estimate of drug-likeness (QED) is 0.489. The van der Waals surface area contributed by atoms with Gasteiger partial charge in [-0.2, -0.15) is 5.10 Å². The minimum absolute atomic E-state index is 0.501. The topological polar surface area (TPSA) is 79.8 Å². The van der Waals surface area contributed by atoms with E-state index in [1.54, 1.807) is 36.4 Å². The number of methoxy groups -OCH3 is 1. The first-order valence-electron chi connectivity index (χ1n) is 6.63. The van der Waals surface area contributed by atoms with Gasteiger partial charge < -0.3 is 10.1 Å². The normalized spacial score (nSPS) is 10.3. The van der Waals surface area contributed by atoms with Crippen LogP contribution in [-0.4, -0.2) is 25.1 Å². The molecule has 0 saturated heterocycles. The van der Waals surface area contributed by atoms with Gasteiger partial charge in [-0.15, -0.1) is 0 Å². The molecule has 0 bridgehead atoms. The molecule has 0 radical (unpaired) electrons. The highest BCUT2D eigenvalue weighted by Gasteiger charge is 2.14. The number of nitrogens with zero attached hydrogens (tertiary/aromatic N) is 1. The average molecular weight is 376 g/mol. The van der Waals surface area contributed by atoms with Crippen molar-refractivity contribution >= 4 is 39.6 Å². The van der Waals surface area contributed by atoms with Gasteiger partial charge in [0.15, 0.2) is 0 Å². The van der Waals surface area contributed by atoms with Crippen LogP contribution in [0.25, 0.3) is 0 Å². The van der Waals surface area contributed by atoms with Gasteiger partial charge in [-0.05, 0) is 40.2 Å². The van der Waals surface area contributed by atoms with Crippen molar-refractivity contribution in [3.8, 4) is 5.75 Å². The number of carbonyl (C=O) groups is 2. The number of hydrogen-bond acceptors (Lipinski definition) is 4. The van der Waals surface area contributed by atoms with Gasteiger partial charge in [0, 0.05) is 10.0 Å². The second-order valence-electron chi connectivity index (χ2n) is 4.38. The van der Waals surface area contributed by atoms with Crippen LogP contribution in [-0.2, 0) is 9.59 Å². The summed E-state index contributed by atoms with van der Waals surface area (Å²) in [6.45, 7) is 0. The smallest absolute Gasteiger partial charge is 0.329 e. The van der Waals surface area contributed by atoms with Crippen LogP contribution < -0.4 is 15.5 Å². The number of para-hydroxylation sites is 2. The molecule has 118 valence electrons. The van der Waals surface area contributed by atoms with Gasteiger partial charge in [-0.3, -0.25) is 9.59 Å². The summed E-state index contributed by atoms with van der Waals surface area (Å²) in [5, 5.41) is 6.24. The van der Waals surface area contributed by atoms with Crippen molar-refractivity contribution in [1.29, 1.82) is 0 Å². The molecule has 0 atom stereocenters. The fourth-order valence-corrected chi connectivity index (χ4v) is 2.11. The average Bonchev–Trinajstić information content (AvgIpc) is 2.57. The summed E-state index contributed by atoms with van der Waals surface area (Å²) < 4.78 is 5.83. The number of carbonyl (C=O) groups excluding carboxylic acids is 2. The molecular formula is C16H14BrN3O3. The molecule has 0 fully saturated rings. The molecule has 2 amide bonds. The number of halogens is 1. The van der Waals surface area contributed by atoms with Crippen molar-refractivity contribution in [2.45, 2.75) is 0 Å². The van der Waals surface area contributed by atoms with E-state index in [1.807, 2.05) is 12.1 Å². The third-order valence-electron chi connectivity index (χ3n) is 2.84. The third kappa shape index (κ3) is 4.65. The highest BCUT2D eigenvalue weighted by atomic mass is 79.9. The molecule has 0 aliphatic heterocycles. The van der Waals surface area contributed by atoms with Crippen LogP contribution in [0.5, 0.6) is 5.75 Å². The molecule has 0 aromatic heterocycles. The van der Waals surface area contributed by atoms with Crippen LogP contribution in [0.4, 0.5) is 5.69 Å². The van der Waals surface area contributed by atoms with Gasteiger partial charge in [0.1, 0.15) is 5.75 Å². The van der Waals surface area contributed by atoms with Crippen molar-refractivity contribution in [1.82, 2.24) is 5.43 Å². The Balaban J connectivity index is 1.95. The highest BCUT2D eigenvalue weighted by molar-refractivity contribution is 9.10. The van der Waals surface area contributed by atoms with E-state index in [0.29, 0.717) is 21.5 Å². The molecule has 2 aromatic carbocycles. The Bertz CT molecular complexity index is 747. The summed E-state index contributed by atoms with van der Waals surface area (Å²) in [6, 6.07) is 14.2. The van der Waals surface area contributed by atoms with Crippen LogP contribution in [0, 0.1) is 0 Å². The predicted molar refractivity (Wildman–Crippen MR) is 91.5 cm³/mol. The minimum Gasteiger partial charge on any atom is -0.496 e. The Labute approximate surface area is 141 Å². The van der Waals surface area contributed by atoms with Gasteiger partial charge >= 0.3 is 11.8 Å². The number of hydrazone groups is 1. The maximum Gasteiger partial charge on any atom is 0.329 e. The highest BCUT2D eigenvalue weighted by Crippen LogP contribution is 2.20. The molecule has 2 aromatic rings. The lowest BCUT2D eigenvalue weighted by molar-refractivity contribution is -0.136. The molecule has 0 saturated carbocycles. The van der Waals surface area contributed by atoms with Crippen molar-refractivity contribution in [3.05, 3.63) is 58.6 Å². The number of hydrogen-bond donors (Lipinski definition) is 2. The monoisotopic (exact) mass is 375 g/mol. The van der Waals surface area contributed by atoms with E-state index in [-0.39, 0.29) is 0 Å². The van der Waals surface area contributed by atoms with Gasteiger partial charge in [0.2, 0.25) is 0 Å². The molecule has 0 unspecified atom stereocenters. The molecule has 0 aliphatic carbocycles. The summed E-state index contributed by atoms with van der Waals surface area (Å²) in [4.78, 5) is 23.5. The number of anilines is 1. The van der Waals surface area contributed by atoms with Crippen molar-refractivity contribution < 1.29 is 14.3 Å². The van der Waals surface area contributed by atoms with E-state index in [4.69, 9.17) is 4.74 Å². The van der Waals surface area contributed by atoms with Crippen LogP contribution in [0.3, 0.4) is 0 Å². The van der Waals surface area contributed by atoms with E-state index >= 15 is 0 Å². The molecule has 0 heterocycles. The van der Waals surface area contributed by atoms with Crippen LogP contribution in [0.2, 0.25) is 0 Å². The standard InChI is InChI=1S/C16H14BrN3O3/c1-23-14-9-5-2-6-11(14)10-18-20-16(22)15(21)19-13-8-4-3-7-12(13)17/h2-10H,1H3,(H,19,21)(H,20,22)/b18-10-. The SMILES string of the molecule is COc1ccccc1/C=N\NC(=O)C(=O)Nc1ccccc1Br.